The van der Waals surface area contributed by atoms with Gasteiger partial charge in [-0.3, -0.25) is 9.52 Å². The smallest absolute Gasteiger partial charge is 0.264 e. The van der Waals surface area contributed by atoms with Crippen molar-refractivity contribution >= 4 is 27.3 Å². The van der Waals surface area contributed by atoms with Gasteiger partial charge in [0.25, 0.3) is 10.0 Å². The minimum atomic E-state index is -4.02. The largest absolute Gasteiger partial charge is 0.312 e. The maximum Gasteiger partial charge on any atom is 0.264 e. The number of hydrogen-bond acceptors (Lipinski definition) is 3. The highest BCUT2D eigenvalue weighted by Crippen LogP contribution is 2.31. The van der Waals surface area contributed by atoms with Gasteiger partial charge in [-0.05, 0) is 48.7 Å². The fourth-order valence-electron chi connectivity index (χ4n) is 3.07. The average Bonchev–Trinajstić information content (AvgIpc) is 2.60. The molecule has 0 saturated heterocycles. The van der Waals surface area contributed by atoms with Crippen LogP contribution in [0.4, 0.5) is 15.8 Å². The van der Waals surface area contributed by atoms with Crippen molar-refractivity contribution in [1.29, 1.82) is 0 Å². The third kappa shape index (κ3) is 3.58. The minimum absolute atomic E-state index is 0.0469. The molecule has 1 aliphatic heterocycles. The van der Waals surface area contributed by atoms with E-state index in [-0.39, 0.29) is 11.8 Å². The molecule has 1 heterocycles. The van der Waals surface area contributed by atoms with Gasteiger partial charge in [0.2, 0.25) is 5.91 Å². The number of halogens is 1. The molecule has 0 fully saturated rings. The van der Waals surface area contributed by atoms with Crippen LogP contribution in [0.2, 0.25) is 0 Å². The first-order chi connectivity index (χ1) is 12.3. The van der Waals surface area contributed by atoms with Crippen LogP contribution in [0.3, 0.4) is 0 Å². The number of carbonyl (C=O) groups is 1. The van der Waals surface area contributed by atoms with Crippen LogP contribution in [0.15, 0.2) is 47.4 Å². The van der Waals surface area contributed by atoms with Crippen LogP contribution in [-0.4, -0.2) is 20.9 Å². The van der Waals surface area contributed by atoms with Crippen LogP contribution in [0, 0.1) is 11.7 Å². The van der Waals surface area contributed by atoms with Crippen LogP contribution in [0.1, 0.15) is 25.8 Å². The van der Waals surface area contributed by atoms with Crippen molar-refractivity contribution in [3.63, 3.8) is 0 Å². The highest BCUT2D eigenvalue weighted by molar-refractivity contribution is 7.92. The van der Waals surface area contributed by atoms with Gasteiger partial charge in [0.05, 0.1) is 0 Å². The Balaban J connectivity index is 1.90. The van der Waals surface area contributed by atoms with Gasteiger partial charge in [-0.2, -0.15) is 0 Å². The summed E-state index contributed by atoms with van der Waals surface area (Å²) in [4.78, 5) is 13.7. The number of anilines is 2. The number of carbonyl (C=O) groups excluding carboxylic acids is 1. The second-order valence-corrected chi connectivity index (χ2v) is 8.28. The summed E-state index contributed by atoms with van der Waals surface area (Å²) in [6, 6.07) is 10.3. The molecule has 5 nitrogen and oxygen atoms in total. The van der Waals surface area contributed by atoms with Crippen molar-refractivity contribution in [3.05, 3.63) is 53.8 Å². The first-order valence-electron chi connectivity index (χ1n) is 8.51. The van der Waals surface area contributed by atoms with E-state index in [9.17, 15) is 17.6 Å². The first kappa shape index (κ1) is 18.4. The van der Waals surface area contributed by atoms with Crippen LogP contribution < -0.4 is 9.62 Å². The molecule has 1 amide bonds. The average molecular weight is 376 g/mol. The minimum Gasteiger partial charge on any atom is -0.312 e. The lowest BCUT2D eigenvalue weighted by atomic mass is 9.99. The van der Waals surface area contributed by atoms with Gasteiger partial charge in [0, 0.05) is 23.8 Å². The Bertz CT molecular complexity index is 942. The van der Waals surface area contributed by atoms with Gasteiger partial charge in [-0.15, -0.1) is 0 Å². The van der Waals surface area contributed by atoms with Crippen LogP contribution in [-0.2, 0) is 21.2 Å². The van der Waals surface area contributed by atoms with Gasteiger partial charge in [0.15, 0.2) is 0 Å². The quantitative estimate of drug-likeness (QED) is 0.887. The monoisotopic (exact) mass is 376 g/mol. The topological polar surface area (TPSA) is 66.5 Å². The van der Waals surface area contributed by atoms with Crippen molar-refractivity contribution in [2.24, 2.45) is 5.92 Å². The summed E-state index contributed by atoms with van der Waals surface area (Å²) in [7, 11) is -4.02. The molecular weight excluding hydrogens is 355 g/mol. The molecule has 2 aromatic rings. The van der Waals surface area contributed by atoms with E-state index in [1.54, 1.807) is 23.1 Å². The molecule has 3 rings (SSSR count). The van der Waals surface area contributed by atoms with E-state index in [0.717, 1.165) is 30.2 Å². The Morgan fingerprint density at radius 1 is 1.19 bits per heavy atom. The molecule has 0 radical (unpaired) electrons. The van der Waals surface area contributed by atoms with Crippen LogP contribution >= 0.6 is 0 Å². The number of fused-ring (bicyclic) bond motifs is 1. The summed E-state index contributed by atoms with van der Waals surface area (Å²) < 4.78 is 41.1. The Hall–Kier alpha value is -2.41. The van der Waals surface area contributed by atoms with Crippen LogP contribution in [0.5, 0.6) is 0 Å². The van der Waals surface area contributed by atoms with E-state index in [0.29, 0.717) is 12.2 Å². The molecule has 0 unspecified atom stereocenters. The molecule has 1 N–H and O–H groups in total. The third-order valence-electron chi connectivity index (χ3n) is 4.34. The fourth-order valence-corrected chi connectivity index (χ4v) is 4.20. The van der Waals surface area contributed by atoms with E-state index >= 15 is 0 Å². The summed E-state index contributed by atoms with van der Waals surface area (Å²) >= 11 is 0. The normalized spacial score (nSPS) is 14.2. The number of nitrogens with zero attached hydrogens (tertiary/aromatic N) is 1. The van der Waals surface area contributed by atoms with Gasteiger partial charge < -0.3 is 4.90 Å². The molecular formula is C19H21FN2O3S. The fraction of sp³-hybridized carbons (Fsp3) is 0.316. The molecule has 2 aromatic carbocycles. The van der Waals surface area contributed by atoms with Gasteiger partial charge in [-0.25, -0.2) is 12.8 Å². The molecule has 7 heteroatoms. The molecule has 1 aliphatic rings. The molecule has 138 valence electrons. The van der Waals surface area contributed by atoms with Crippen molar-refractivity contribution in [2.45, 2.75) is 31.6 Å². The number of benzene rings is 2. The Kier molecular flexibility index (Phi) is 5.00. The Morgan fingerprint density at radius 3 is 2.62 bits per heavy atom. The van der Waals surface area contributed by atoms with Crippen LogP contribution in [0.25, 0.3) is 0 Å². The zero-order valence-electron chi connectivity index (χ0n) is 14.7. The predicted molar refractivity (Wildman–Crippen MR) is 99.2 cm³/mol. The number of amides is 1. The first-order valence-corrected chi connectivity index (χ1v) is 9.99. The lowest BCUT2D eigenvalue weighted by Crippen LogP contribution is -2.38. The van der Waals surface area contributed by atoms with E-state index in [1.165, 1.54) is 18.2 Å². The highest BCUT2D eigenvalue weighted by atomic mass is 32.2. The maximum atomic E-state index is 13.8. The second kappa shape index (κ2) is 7.07. The zero-order chi connectivity index (χ0) is 18.9. The number of nitrogens with one attached hydrogen (secondary N) is 1. The zero-order valence-corrected chi connectivity index (χ0v) is 15.5. The SMILES string of the molecule is CC(C)C(=O)N1CCCc2cc(NS(=O)(=O)c3ccccc3F)ccc21. The molecule has 0 atom stereocenters. The van der Waals surface area contributed by atoms with E-state index in [4.69, 9.17) is 0 Å². The Labute approximate surface area is 152 Å². The highest BCUT2D eigenvalue weighted by Gasteiger charge is 2.25. The second-order valence-electron chi connectivity index (χ2n) is 6.63. The van der Waals surface area contributed by atoms with Gasteiger partial charge in [0.1, 0.15) is 10.7 Å². The number of aryl methyl sites for hydroxylation is 1. The van der Waals surface area contributed by atoms with Gasteiger partial charge in [-0.1, -0.05) is 26.0 Å². The number of sulfonamides is 1. The molecule has 0 spiro atoms. The summed E-state index contributed by atoms with van der Waals surface area (Å²) in [5, 5.41) is 0. The maximum absolute atomic E-state index is 13.8. The van der Waals surface area contributed by atoms with E-state index in [2.05, 4.69) is 4.72 Å². The summed E-state index contributed by atoms with van der Waals surface area (Å²) in [6.45, 7) is 4.37. The standard InChI is InChI=1S/C19H21FN2O3S/c1-13(2)19(23)22-11-5-6-14-12-15(9-10-17(14)22)21-26(24,25)18-8-4-3-7-16(18)20/h3-4,7-10,12-13,21H,5-6,11H2,1-2H3. The van der Waals surface area contributed by atoms with E-state index in [1.807, 2.05) is 13.8 Å². The Morgan fingerprint density at radius 2 is 1.92 bits per heavy atom. The van der Waals surface area contributed by atoms with Crippen molar-refractivity contribution in [1.82, 2.24) is 0 Å². The third-order valence-corrected chi connectivity index (χ3v) is 5.75. The van der Waals surface area contributed by atoms with Crippen molar-refractivity contribution < 1.29 is 17.6 Å². The number of hydrogen-bond donors (Lipinski definition) is 1. The molecule has 0 aromatic heterocycles. The molecule has 0 bridgehead atoms. The summed E-state index contributed by atoms with van der Waals surface area (Å²) in [6.07, 6.45) is 1.57. The predicted octanol–water partition coefficient (Wildman–Crippen LogP) is 3.56. The number of rotatable bonds is 4. The molecule has 0 aliphatic carbocycles. The lowest BCUT2D eigenvalue weighted by Gasteiger charge is -2.31. The van der Waals surface area contributed by atoms with Crippen molar-refractivity contribution in [2.75, 3.05) is 16.2 Å². The van der Waals surface area contributed by atoms with E-state index < -0.39 is 20.7 Å². The molecule has 0 saturated carbocycles. The summed E-state index contributed by atoms with van der Waals surface area (Å²) in [5.41, 5.74) is 2.06. The van der Waals surface area contributed by atoms with Gasteiger partial charge >= 0.3 is 0 Å². The molecule has 26 heavy (non-hydrogen) atoms. The lowest BCUT2D eigenvalue weighted by molar-refractivity contribution is -0.121. The summed E-state index contributed by atoms with van der Waals surface area (Å²) in [5.74, 6) is -0.863. The van der Waals surface area contributed by atoms with Crippen molar-refractivity contribution in [3.8, 4) is 0 Å².